The van der Waals surface area contributed by atoms with Crippen LogP contribution in [0.2, 0.25) is 0 Å². The largest absolute Gasteiger partial charge is 0.497 e. The monoisotopic (exact) mass is 188 g/mol. The van der Waals surface area contributed by atoms with Crippen molar-refractivity contribution in [2.75, 3.05) is 13.7 Å². The van der Waals surface area contributed by atoms with Crippen molar-refractivity contribution in [2.45, 2.75) is 6.92 Å². The quantitative estimate of drug-likeness (QED) is 0.725. The molecule has 0 aliphatic rings. The fourth-order valence-corrected chi connectivity index (χ4v) is 0.937. The van der Waals surface area contributed by atoms with E-state index in [1.54, 1.807) is 6.92 Å². The molecule has 0 aromatic heterocycles. The van der Waals surface area contributed by atoms with Crippen LogP contribution < -0.4 is 9.47 Å². The summed E-state index contributed by atoms with van der Waals surface area (Å²) >= 11 is 0. The van der Waals surface area contributed by atoms with Gasteiger partial charge in [-0.2, -0.15) is 0 Å². The Morgan fingerprint density at radius 3 is 2.15 bits per heavy atom. The molecule has 0 unspecified atom stereocenters. The summed E-state index contributed by atoms with van der Waals surface area (Å²) in [5.74, 6) is -1.72. The summed E-state index contributed by atoms with van der Waals surface area (Å²) in [6.07, 6.45) is 0. The molecule has 1 aromatic rings. The number of methoxy groups -OCH3 is 1. The molecule has 2 nitrogen and oxygen atoms in total. The third-order valence-corrected chi connectivity index (χ3v) is 1.50. The molecule has 4 heteroatoms. The predicted molar refractivity (Wildman–Crippen MR) is 44.1 cm³/mol. The van der Waals surface area contributed by atoms with Crippen LogP contribution in [0.4, 0.5) is 8.78 Å². The maximum Gasteiger partial charge on any atom is 0.190 e. The molecule has 0 aliphatic heterocycles. The van der Waals surface area contributed by atoms with E-state index >= 15 is 0 Å². The van der Waals surface area contributed by atoms with Gasteiger partial charge in [0, 0.05) is 12.1 Å². The SMILES string of the molecule is CCOc1c(F)cc(OC)cc1F. The number of benzene rings is 1. The number of rotatable bonds is 3. The van der Waals surface area contributed by atoms with Gasteiger partial charge in [-0.3, -0.25) is 0 Å². The third-order valence-electron chi connectivity index (χ3n) is 1.50. The fraction of sp³-hybridized carbons (Fsp3) is 0.333. The average molecular weight is 188 g/mol. The molecular formula is C9H10F2O2. The van der Waals surface area contributed by atoms with Crippen LogP contribution in [0.1, 0.15) is 6.92 Å². The van der Waals surface area contributed by atoms with Gasteiger partial charge in [0.15, 0.2) is 17.4 Å². The molecule has 0 amide bonds. The second-order valence-electron chi connectivity index (χ2n) is 2.35. The smallest absolute Gasteiger partial charge is 0.190 e. The molecule has 0 bridgehead atoms. The summed E-state index contributed by atoms with van der Waals surface area (Å²) in [4.78, 5) is 0. The zero-order valence-corrected chi connectivity index (χ0v) is 7.43. The summed E-state index contributed by atoms with van der Waals surface area (Å²) in [5, 5.41) is 0. The van der Waals surface area contributed by atoms with Crippen molar-refractivity contribution in [3.05, 3.63) is 23.8 Å². The Morgan fingerprint density at radius 2 is 1.77 bits per heavy atom. The maximum atomic E-state index is 13.0. The highest BCUT2D eigenvalue weighted by molar-refractivity contribution is 5.34. The molecule has 0 radical (unpaired) electrons. The predicted octanol–water partition coefficient (Wildman–Crippen LogP) is 2.37. The first-order valence-electron chi connectivity index (χ1n) is 3.84. The van der Waals surface area contributed by atoms with Crippen LogP contribution in [0.5, 0.6) is 11.5 Å². The van der Waals surface area contributed by atoms with E-state index in [1.807, 2.05) is 0 Å². The lowest BCUT2D eigenvalue weighted by atomic mass is 10.3. The summed E-state index contributed by atoms with van der Waals surface area (Å²) < 4.78 is 35.5. The van der Waals surface area contributed by atoms with Crippen molar-refractivity contribution < 1.29 is 18.3 Å². The molecule has 0 saturated carbocycles. The Labute approximate surface area is 75.1 Å². The normalized spacial score (nSPS) is 9.85. The van der Waals surface area contributed by atoms with Gasteiger partial charge in [-0.05, 0) is 6.92 Å². The Morgan fingerprint density at radius 1 is 1.23 bits per heavy atom. The van der Waals surface area contributed by atoms with E-state index in [0.717, 1.165) is 12.1 Å². The van der Waals surface area contributed by atoms with Crippen LogP contribution in [0, 0.1) is 11.6 Å². The topological polar surface area (TPSA) is 18.5 Å². The summed E-state index contributed by atoms with van der Waals surface area (Å²) in [6.45, 7) is 1.88. The lowest BCUT2D eigenvalue weighted by Crippen LogP contribution is -1.98. The van der Waals surface area contributed by atoms with E-state index in [1.165, 1.54) is 7.11 Å². The van der Waals surface area contributed by atoms with Crippen LogP contribution in [0.25, 0.3) is 0 Å². The van der Waals surface area contributed by atoms with Crippen LogP contribution >= 0.6 is 0 Å². The Balaban J connectivity index is 3.07. The van der Waals surface area contributed by atoms with Gasteiger partial charge in [0.25, 0.3) is 0 Å². The van der Waals surface area contributed by atoms with Crippen LogP contribution in [0.3, 0.4) is 0 Å². The van der Waals surface area contributed by atoms with Gasteiger partial charge in [-0.15, -0.1) is 0 Å². The van der Waals surface area contributed by atoms with Crippen LogP contribution in [0.15, 0.2) is 12.1 Å². The maximum absolute atomic E-state index is 13.0. The van der Waals surface area contributed by atoms with Crippen molar-refractivity contribution in [1.82, 2.24) is 0 Å². The first-order valence-corrected chi connectivity index (χ1v) is 3.84. The van der Waals surface area contributed by atoms with Gasteiger partial charge in [-0.25, -0.2) is 8.78 Å². The molecule has 0 spiro atoms. The second-order valence-corrected chi connectivity index (χ2v) is 2.35. The molecule has 1 rings (SSSR count). The molecule has 13 heavy (non-hydrogen) atoms. The number of hydrogen-bond donors (Lipinski definition) is 0. The van der Waals surface area contributed by atoms with Crippen molar-refractivity contribution in [3.63, 3.8) is 0 Å². The first-order chi connectivity index (χ1) is 6.19. The highest BCUT2D eigenvalue weighted by Crippen LogP contribution is 2.26. The minimum absolute atomic E-state index is 0.137. The molecule has 0 atom stereocenters. The Kier molecular flexibility index (Phi) is 3.06. The van der Waals surface area contributed by atoms with Gasteiger partial charge in [0.2, 0.25) is 0 Å². The highest BCUT2D eigenvalue weighted by atomic mass is 19.1. The van der Waals surface area contributed by atoms with E-state index in [0.29, 0.717) is 0 Å². The average Bonchev–Trinajstić information content (AvgIpc) is 2.11. The number of hydrogen-bond acceptors (Lipinski definition) is 2. The molecule has 0 N–H and O–H groups in total. The Bertz CT molecular complexity index is 277. The number of ether oxygens (including phenoxy) is 2. The zero-order valence-electron chi connectivity index (χ0n) is 7.43. The van der Waals surface area contributed by atoms with Gasteiger partial charge < -0.3 is 9.47 Å². The molecule has 72 valence electrons. The summed E-state index contributed by atoms with van der Waals surface area (Å²) in [5.41, 5.74) is 0. The standard InChI is InChI=1S/C9H10F2O2/c1-3-13-9-7(10)4-6(12-2)5-8(9)11/h4-5H,3H2,1-2H3. The van der Waals surface area contributed by atoms with Crippen LogP contribution in [-0.4, -0.2) is 13.7 Å². The van der Waals surface area contributed by atoms with E-state index in [-0.39, 0.29) is 18.1 Å². The van der Waals surface area contributed by atoms with Crippen molar-refractivity contribution >= 4 is 0 Å². The summed E-state index contributed by atoms with van der Waals surface area (Å²) in [6, 6.07) is 2.15. The molecule has 1 aromatic carbocycles. The molecule has 0 saturated heterocycles. The van der Waals surface area contributed by atoms with E-state index in [9.17, 15) is 8.78 Å². The summed E-state index contributed by atoms with van der Waals surface area (Å²) in [7, 11) is 1.34. The van der Waals surface area contributed by atoms with Crippen LogP contribution in [-0.2, 0) is 0 Å². The first kappa shape index (κ1) is 9.77. The van der Waals surface area contributed by atoms with Gasteiger partial charge in [0.1, 0.15) is 5.75 Å². The van der Waals surface area contributed by atoms with Gasteiger partial charge >= 0.3 is 0 Å². The minimum Gasteiger partial charge on any atom is -0.497 e. The van der Waals surface area contributed by atoms with E-state index in [4.69, 9.17) is 4.74 Å². The fourth-order valence-electron chi connectivity index (χ4n) is 0.937. The minimum atomic E-state index is -0.751. The Hall–Kier alpha value is -1.32. The third kappa shape index (κ3) is 2.08. The highest BCUT2D eigenvalue weighted by Gasteiger charge is 2.11. The lowest BCUT2D eigenvalue weighted by Gasteiger charge is -2.07. The molecule has 0 heterocycles. The van der Waals surface area contributed by atoms with Crippen molar-refractivity contribution in [2.24, 2.45) is 0 Å². The number of halogens is 2. The molecule has 0 aliphatic carbocycles. The van der Waals surface area contributed by atoms with Crippen molar-refractivity contribution in [1.29, 1.82) is 0 Å². The molecular weight excluding hydrogens is 178 g/mol. The zero-order chi connectivity index (χ0) is 9.84. The lowest BCUT2D eigenvalue weighted by molar-refractivity contribution is 0.299. The van der Waals surface area contributed by atoms with Crippen molar-refractivity contribution in [3.8, 4) is 11.5 Å². The van der Waals surface area contributed by atoms with Gasteiger partial charge in [0.05, 0.1) is 13.7 Å². The van der Waals surface area contributed by atoms with Gasteiger partial charge in [-0.1, -0.05) is 0 Å². The second kappa shape index (κ2) is 4.07. The van der Waals surface area contributed by atoms with E-state index in [2.05, 4.69) is 4.74 Å². The van der Waals surface area contributed by atoms with E-state index < -0.39 is 11.6 Å². The molecule has 0 fully saturated rings.